The van der Waals surface area contributed by atoms with Crippen LogP contribution in [0.2, 0.25) is 0 Å². The van der Waals surface area contributed by atoms with E-state index in [0.717, 1.165) is 12.1 Å². The number of amides is 1. The fourth-order valence-corrected chi connectivity index (χ4v) is 2.64. The first-order valence-corrected chi connectivity index (χ1v) is 7.91. The van der Waals surface area contributed by atoms with Gasteiger partial charge in [-0.25, -0.2) is 13.6 Å². The van der Waals surface area contributed by atoms with Gasteiger partial charge in [-0.15, -0.1) is 0 Å². The summed E-state index contributed by atoms with van der Waals surface area (Å²) in [4.78, 5) is 23.4. The number of halogens is 2. The van der Waals surface area contributed by atoms with Gasteiger partial charge in [-0.3, -0.25) is 4.79 Å². The van der Waals surface area contributed by atoms with Gasteiger partial charge in [0.25, 0.3) is 0 Å². The SMILES string of the molecule is COCc1cc(NC(=O)CC(C)c2ccc(F)cc2F)cc(C(=O)O)c1. The molecule has 1 unspecified atom stereocenters. The van der Waals surface area contributed by atoms with E-state index in [1.54, 1.807) is 13.0 Å². The number of carboxylic acid groups (broad SMARTS) is 1. The second-order valence-corrected chi connectivity index (χ2v) is 5.98. The number of carbonyl (C=O) groups excluding carboxylic acids is 1. The summed E-state index contributed by atoms with van der Waals surface area (Å²) < 4.78 is 31.8. The van der Waals surface area contributed by atoms with Crippen molar-refractivity contribution in [3.63, 3.8) is 0 Å². The Labute approximate surface area is 149 Å². The Kier molecular flexibility index (Phi) is 6.41. The van der Waals surface area contributed by atoms with Gasteiger partial charge in [-0.1, -0.05) is 13.0 Å². The fourth-order valence-electron chi connectivity index (χ4n) is 2.64. The molecule has 26 heavy (non-hydrogen) atoms. The second-order valence-electron chi connectivity index (χ2n) is 5.98. The summed E-state index contributed by atoms with van der Waals surface area (Å²) in [5.74, 6) is -3.40. The van der Waals surface area contributed by atoms with Gasteiger partial charge in [0, 0.05) is 25.3 Å². The van der Waals surface area contributed by atoms with Crippen LogP contribution >= 0.6 is 0 Å². The summed E-state index contributed by atoms with van der Waals surface area (Å²) in [7, 11) is 1.48. The third kappa shape index (κ3) is 5.10. The lowest BCUT2D eigenvalue weighted by atomic mass is 9.96. The van der Waals surface area contributed by atoms with Crippen molar-refractivity contribution in [3.05, 3.63) is 64.7 Å². The first-order valence-electron chi connectivity index (χ1n) is 7.91. The van der Waals surface area contributed by atoms with E-state index in [1.165, 1.54) is 25.3 Å². The number of carbonyl (C=O) groups is 2. The number of benzene rings is 2. The van der Waals surface area contributed by atoms with Crippen molar-refractivity contribution in [2.24, 2.45) is 0 Å². The van der Waals surface area contributed by atoms with E-state index in [4.69, 9.17) is 9.84 Å². The third-order valence-corrected chi connectivity index (χ3v) is 3.82. The monoisotopic (exact) mass is 363 g/mol. The van der Waals surface area contributed by atoms with E-state index < -0.39 is 29.4 Å². The smallest absolute Gasteiger partial charge is 0.335 e. The number of carboxylic acids is 1. The van der Waals surface area contributed by atoms with E-state index in [2.05, 4.69) is 5.32 Å². The van der Waals surface area contributed by atoms with Gasteiger partial charge < -0.3 is 15.2 Å². The number of ether oxygens (including phenoxy) is 1. The molecule has 2 N–H and O–H groups in total. The molecular formula is C19H19F2NO4. The number of aromatic carboxylic acids is 1. The van der Waals surface area contributed by atoms with Crippen LogP contribution in [-0.4, -0.2) is 24.1 Å². The molecule has 0 saturated heterocycles. The lowest BCUT2D eigenvalue weighted by Crippen LogP contribution is -2.16. The van der Waals surface area contributed by atoms with E-state index in [-0.39, 0.29) is 24.2 Å². The van der Waals surface area contributed by atoms with Crippen molar-refractivity contribution in [1.82, 2.24) is 0 Å². The molecule has 2 aromatic carbocycles. The zero-order valence-corrected chi connectivity index (χ0v) is 14.4. The van der Waals surface area contributed by atoms with Crippen molar-refractivity contribution >= 4 is 17.6 Å². The number of rotatable bonds is 7. The molecule has 0 fully saturated rings. The maximum absolute atomic E-state index is 13.8. The molecule has 0 aromatic heterocycles. The highest BCUT2D eigenvalue weighted by Crippen LogP contribution is 2.24. The van der Waals surface area contributed by atoms with Crippen LogP contribution in [0.1, 0.15) is 40.7 Å². The summed E-state index contributed by atoms with van der Waals surface area (Å²) in [6.45, 7) is 1.85. The van der Waals surface area contributed by atoms with Gasteiger partial charge in [-0.2, -0.15) is 0 Å². The average molecular weight is 363 g/mol. The highest BCUT2D eigenvalue weighted by Gasteiger charge is 2.16. The summed E-state index contributed by atoms with van der Waals surface area (Å²) in [5, 5.41) is 11.8. The molecule has 1 amide bonds. The molecule has 7 heteroatoms. The minimum Gasteiger partial charge on any atom is -0.478 e. The van der Waals surface area contributed by atoms with Crippen LogP contribution in [0.15, 0.2) is 36.4 Å². The molecule has 0 heterocycles. The number of methoxy groups -OCH3 is 1. The van der Waals surface area contributed by atoms with Crippen molar-refractivity contribution in [2.45, 2.75) is 25.9 Å². The Bertz CT molecular complexity index is 823. The van der Waals surface area contributed by atoms with Gasteiger partial charge in [0.15, 0.2) is 0 Å². The number of anilines is 1. The lowest BCUT2D eigenvalue weighted by Gasteiger charge is -2.14. The van der Waals surface area contributed by atoms with Gasteiger partial charge in [0.1, 0.15) is 11.6 Å². The van der Waals surface area contributed by atoms with E-state index in [9.17, 15) is 18.4 Å². The Morgan fingerprint density at radius 2 is 1.92 bits per heavy atom. The van der Waals surface area contributed by atoms with Crippen LogP contribution < -0.4 is 5.32 Å². The first-order chi connectivity index (χ1) is 12.3. The highest BCUT2D eigenvalue weighted by atomic mass is 19.1. The lowest BCUT2D eigenvalue weighted by molar-refractivity contribution is -0.116. The molecule has 2 aromatic rings. The summed E-state index contributed by atoms with van der Waals surface area (Å²) in [5.41, 5.74) is 1.17. The van der Waals surface area contributed by atoms with Crippen molar-refractivity contribution in [2.75, 3.05) is 12.4 Å². The summed E-state index contributed by atoms with van der Waals surface area (Å²) >= 11 is 0. The van der Waals surface area contributed by atoms with Crippen LogP contribution in [-0.2, 0) is 16.1 Å². The molecule has 0 aliphatic carbocycles. The normalized spacial score (nSPS) is 11.8. The van der Waals surface area contributed by atoms with Crippen molar-refractivity contribution < 1.29 is 28.2 Å². The maximum Gasteiger partial charge on any atom is 0.335 e. The van der Waals surface area contributed by atoms with Crippen LogP contribution in [0.5, 0.6) is 0 Å². The summed E-state index contributed by atoms with van der Waals surface area (Å²) in [6.07, 6.45) is -0.0422. The number of nitrogens with one attached hydrogen (secondary N) is 1. The van der Waals surface area contributed by atoms with Gasteiger partial charge in [0.05, 0.1) is 12.2 Å². The molecular weight excluding hydrogens is 344 g/mol. The standard InChI is InChI=1S/C19H19F2NO4/c1-11(16-4-3-14(20)9-17(16)21)5-18(23)22-15-7-12(10-26-2)6-13(8-15)19(24)25/h3-4,6-9,11H,5,10H2,1-2H3,(H,22,23)(H,24,25). The Morgan fingerprint density at radius 3 is 2.54 bits per heavy atom. The van der Waals surface area contributed by atoms with E-state index in [1.807, 2.05) is 0 Å². The van der Waals surface area contributed by atoms with Crippen LogP contribution in [0.3, 0.4) is 0 Å². The van der Waals surface area contributed by atoms with Gasteiger partial charge in [0.2, 0.25) is 5.91 Å². The minimum atomic E-state index is -1.12. The second kappa shape index (κ2) is 8.53. The molecule has 138 valence electrons. The molecule has 0 radical (unpaired) electrons. The largest absolute Gasteiger partial charge is 0.478 e. The van der Waals surface area contributed by atoms with Crippen LogP contribution in [0.4, 0.5) is 14.5 Å². The van der Waals surface area contributed by atoms with Crippen molar-refractivity contribution in [1.29, 1.82) is 0 Å². The van der Waals surface area contributed by atoms with Crippen LogP contribution in [0, 0.1) is 11.6 Å². The van der Waals surface area contributed by atoms with Gasteiger partial charge in [-0.05, 0) is 41.3 Å². The van der Waals surface area contributed by atoms with Crippen molar-refractivity contribution in [3.8, 4) is 0 Å². The highest BCUT2D eigenvalue weighted by molar-refractivity contribution is 5.94. The first kappa shape index (κ1) is 19.5. The van der Waals surface area contributed by atoms with E-state index >= 15 is 0 Å². The molecule has 2 rings (SSSR count). The predicted molar refractivity (Wildman–Crippen MR) is 92.1 cm³/mol. The van der Waals surface area contributed by atoms with E-state index in [0.29, 0.717) is 11.3 Å². The Morgan fingerprint density at radius 1 is 1.19 bits per heavy atom. The quantitative estimate of drug-likeness (QED) is 0.781. The topological polar surface area (TPSA) is 75.6 Å². The fraction of sp³-hybridized carbons (Fsp3) is 0.263. The molecule has 0 spiro atoms. The zero-order chi connectivity index (χ0) is 19.3. The Hall–Kier alpha value is -2.80. The summed E-state index contributed by atoms with van der Waals surface area (Å²) in [6, 6.07) is 7.62. The molecule has 0 aliphatic rings. The Balaban J connectivity index is 2.12. The molecule has 0 saturated carbocycles. The predicted octanol–water partition coefficient (Wildman–Crippen LogP) is 3.94. The van der Waals surface area contributed by atoms with Gasteiger partial charge >= 0.3 is 5.97 Å². The molecule has 1 atom stereocenters. The number of hydrogen-bond acceptors (Lipinski definition) is 3. The molecule has 0 aliphatic heterocycles. The molecule has 0 bridgehead atoms. The third-order valence-electron chi connectivity index (χ3n) is 3.82. The average Bonchev–Trinajstić information content (AvgIpc) is 2.54. The minimum absolute atomic E-state index is 0.0208. The van der Waals surface area contributed by atoms with Crippen LogP contribution in [0.25, 0.3) is 0 Å². The number of hydrogen-bond donors (Lipinski definition) is 2. The molecule has 5 nitrogen and oxygen atoms in total. The zero-order valence-electron chi connectivity index (χ0n) is 14.4. The maximum atomic E-state index is 13.8.